The van der Waals surface area contributed by atoms with Crippen molar-refractivity contribution in [2.75, 3.05) is 5.32 Å². The van der Waals surface area contributed by atoms with Gasteiger partial charge in [0, 0.05) is 22.5 Å². The molecular formula is C13H13ClN2OS. The summed E-state index contributed by atoms with van der Waals surface area (Å²) < 4.78 is 0. The number of nitrogens with one attached hydrogen (secondary N) is 1. The van der Waals surface area contributed by atoms with Crippen LogP contribution in [0, 0.1) is 6.92 Å². The Bertz CT molecular complexity index is 540. The molecule has 1 aromatic heterocycles. The van der Waals surface area contributed by atoms with Crippen molar-refractivity contribution in [1.29, 1.82) is 0 Å². The predicted octanol–water partition coefficient (Wildman–Crippen LogP) is 3.68. The number of aromatic nitrogens is 1. The van der Waals surface area contributed by atoms with Crippen LogP contribution in [0.5, 0.6) is 0 Å². The molecule has 0 bridgehead atoms. The molecule has 1 aromatic carbocycles. The molecule has 2 rings (SSSR count). The fourth-order valence-corrected chi connectivity index (χ4v) is 2.27. The van der Waals surface area contributed by atoms with Crippen LogP contribution in [0.3, 0.4) is 0 Å². The second-order valence-electron chi connectivity index (χ2n) is 3.99. The van der Waals surface area contributed by atoms with Crippen LogP contribution in [0.2, 0.25) is 5.02 Å². The number of rotatable bonds is 4. The lowest BCUT2D eigenvalue weighted by Crippen LogP contribution is -2.12. The summed E-state index contributed by atoms with van der Waals surface area (Å²) >= 11 is 7.53. The molecule has 0 aliphatic rings. The molecule has 0 saturated heterocycles. The number of carbonyl (C=O) groups excluding carboxylic acids is 1. The first kappa shape index (κ1) is 13.1. The molecule has 1 amide bonds. The van der Waals surface area contributed by atoms with Gasteiger partial charge in [0.1, 0.15) is 0 Å². The summed E-state index contributed by atoms with van der Waals surface area (Å²) in [6.45, 7) is 1.93. The van der Waals surface area contributed by atoms with Crippen LogP contribution in [0.15, 0.2) is 29.1 Å². The largest absolute Gasteiger partial charge is 0.326 e. The van der Waals surface area contributed by atoms with Crippen LogP contribution >= 0.6 is 22.9 Å². The van der Waals surface area contributed by atoms with Gasteiger partial charge in [0.05, 0.1) is 11.2 Å². The predicted molar refractivity (Wildman–Crippen MR) is 75.3 cm³/mol. The van der Waals surface area contributed by atoms with Gasteiger partial charge in [-0.2, -0.15) is 0 Å². The van der Waals surface area contributed by atoms with Crippen LogP contribution in [-0.2, 0) is 11.2 Å². The molecule has 0 fully saturated rings. The highest BCUT2D eigenvalue weighted by atomic mass is 35.5. The van der Waals surface area contributed by atoms with E-state index in [4.69, 9.17) is 11.6 Å². The maximum Gasteiger partial charge on any atom is 0.224 e. The van der Waals surface area contributed by atoms with E-state index in [1.54, 1.807) is 11.6 Å². The van der Waals surface area contributed by atoms with Gasteiger partial charge in [-0.1, -0.05) is 17.7 Å². The molecule has 0 aliphatic carbocycles. The number of thiazole rings is 1. The second-order valence-corrected chi connectivity index (χ2v) is 5.12. The number of hydrogen-bond donors (Lipinski definition) is 1. The van der Waals surface area contributed by atoms with Gasteiger partial charge in [-0.3, -0.25) is 4.79 Å². The molecule has 18 heavy (non-hydrogen) atoms. The van der Waals surface area contributed by atoms with Crippen molar-refractivity contribution in [3.05, 3.63) is 45.4 Å². The summed E-state index contributed by atoms with van der Waals surface area (Å²) in [5.74, 6) is -0.0251. The van der Waals surface area contributed by atoms with Crippen molar-refractivity contribution < 1.29 is 4.79 Å². The molecule has 0 radical (unpaired) electrons. The van der Waals surface area contributed by atoms with E-state index in [0.29, 0.717) is 17.9 Å². The Morgan fingerprint density at radius 2 is 2.33 bits per heavy atom. The summed E-state index contributed by atoms with van der Waals surface area (Å²) in [6, 6.07) is 5.50. The molecule has 0 aliphatic heterocycles. The van der Waals surface area contributed by atoms with E-state index in [2.05, 4.69) is 10.3 Å². The zero-order valence-electron chi connectivity index (χ0n) is 9.94. The van der Waals surface area contributed by atoms with Crippen molar-refractivity contribution in [2.24, 2.45) is 0 Å². The Kier molecular flexibility index (Phi) is 4.33. The average Bonchev–Trinajstić information content (AvgIpc) is 2.84. The number of amides is 1. The molecule has 0 unspecified atom stereocenters. The Hall–Kier alpha value is -1.39. The van der Waals surface area contributed by atoms with Crippen molar-refractivity contribution in [3.63, 3.8) is 0 Å². The minimum atomic E-state index is -0.0251. The van der Waals surface area contributed by atoms with Crippen molar-refractivity contribution >= 4 is 34.5 Å². The minimum Gasteiger partial charge on any atom is -0.326 e. The number of halogens is 1. The third-order valence-electron chi connectivity index (χ3n) is 2.55. The molecule has 0 spiro atoms. The zero-order valence-corrected chi connectivity index (χ0v) is 11.5. The topological polar surface area (TPSA) is 42.0 Å². The third-order valence-corrected chi connectivity index (χ3v) is 3.59. The second kappa shape index (κ2) is 5.98. The summed E-state index contributed by atoms with van der Waals surface area (Å²) in [5, 5.41) is 5.44. The quantitative estimate of drug-likeness (QED) is 0.928. The number of nitrogens with zero attached hydrogens (tertiary/aromatic N) is 1. The first-order valence-corrected chi connectivity index (χ1v) is 6.90. The summed E-state index contributed by atoms with van der Waals surface area (Å²) in [6.07, 6.45) is 1.09. The van der Waals surface area contributed by atoms with Crippen molar-refractivity contribution in [2.45, 2.75) is 19.8 Å². The Balaban J connectivity index is 1.88. The molecule has 5 heteroatoms. The summed E-state index contributed by atoms with van der Waals surface area (Å²) in [4.78, 5) is 15.9. The van der Waals surface area contributed by atoms with E-state index >= 15 is 0 Å². The summed E-state index contributed by atoms with van der Waals surface area (Å²) in [5.41, 5.74) is 4.45. The van der Waals surface area contributed by atoms with Gasteiger partial charge in [0.15, 0.2) is 0 Å². The number of carbonyl (C=O) groups is 1. The molecule has 94 valence electrons. The third kappa shape index (κ3) is 3.55. The number of hydrogen-bond acceptors (Lipinski definition) is 3. The van der Waals surface area contributed by atoms with Crippen molar-refractivity contribution in [3.8, 4) is 0 Å². The molecule has 2 aromatic rings. The fraction of sp³-hybridized carbons (Fsp3) is 0.231. The lowest BCUT2D eigenvalue weighted by atomic mass is 10.2. The van der Waals surface area contributed by atoms with Crippen LogP contribution in [-0.4, -0.2) is 10.9 Å². The van der Waals surface area contributed by atoms with E-state index < -0.39 is 0 Å². The first-order chi connectivity index (χ1) is 8.65. The van der Waals surface area contributed by atoms with Gasteiger partial charge in [-0.15, -0.1) is 11.3 Å². The molecular weight excluding hydrogens is 268 g/mol. The Morgan fingerprint density at radius 3 is 3.00 bits per heavy atom. The molecule has 1 heterocycles. The number of anilines is 1. The van der Waals surface area contributed by atoms with E-state index in [-0.39, 0.29) is 5.91 Å². The SMILES string of the molecule is Cc1ccc(NC(=O)CCc2cscn2)cc1Cl. The highest BCUT2D eigenvalue weighted by Crippen LogP contribution is 2.20. The molecule has 0 atom stereocenters. The minimum absolute atomic E-state index is 0.0251. The zero-order chi connectivity index (χ0) is 13.0. The average molecular weight is 281 g/mol. The van der Waals surface area contributed by atoms with E-state index in [1.807, 2.05) is 24.4 Å². The van der Waals surface area contributed by atoms with Gasteiger partial charge in [-0.25, -0.2) is 4.98 Å². The Morgan fingerprint density at radius 1 is 1.50 bits per heavy atom. The van der Waals surface area contributed by atoms with E-state index in [9.17, 15) is 4.79 Å². The number of benzene rings is 1. The monoisotopic (exact) mass is 280 g/mol. The summed E-state index contributed by atoms with van der Waals surface area (Å²) in [7, 11) is 0. The smallest absolute Gasteiger partial charge is 0.224 e. The number of aryl methyl sites for hydroxylation is 2. The van der Waals surface area contributed by atoms with Crippen molar-refractivity contribution in [1.82, 2.24) is 4.98 Å². The lowest BCUT2D eigenvalue weighted by Gasteiger charge is -2.06. The fourth-order valence-electron chi connectivity index (χ4n) is 1.50. The van der Waals surface area contributed by atoms with Gasteiger partial charge < -0.3 is 5.32 Å². The van der Waals surface area contributed by atoms with Crippen LogP contribution in [0.25, 0.3) is 0 Å². The highest BCUT2D eigenvalue weighted by molar-refractivity contribution is 7.07. The molecule has 1 N–H and O–H groups in total. The first-order valence-electron chi connectivity index (χ1n) is 5.58. The van der Waals surface area contributed by atoms with Crippen LogP contribution < -0.4 is 5.32 Å². The van der Waals surface area contributed by atoms with Gasteiger partial charge in [0.2, 0.25) is 5.91 Å². The maximum absolute atomic E-state index is 11.7. The standard InChI is InChI=1S/C13H13ClN2OS/c1-9-2-3-10(6-12(9)14)16-13(17)5-4-11-7-18-8-15-11/h2-3,6-8H,4-5H2,1H3,(H,16,17). The van der Waals surface area contributed by atoms with Gasteiger partial charge in [0.25, 0.3) is 0 Å². The highest BCUT2D eigenvalue weighted by Gasteiger charge is 2.05. The van der Waals surface area contributed by atoms with Gasteiger partial charge >= 0.3 is 0 Å². The van der Waals surface area contributed by atoms with Crippen LogP contribution in [0.4, 0.5) is 5.69 Å². The van der Waals surface area contributed by atoms with E-state index in [0.717, 1.165) is 16.9 Å². The maximum atomic E-state index is 11.7. The Labute approximate surface area is 115 Å². The lowest BCUT2D eigenvalue weighted by molar-refractivity contribution is -0.116. The van der Waals surface area contributed by atoms with Gasteiger partial charge in [-0.05, 0) is 31.0 Å². The molecule has 0 saturated carbocycles. The van der Waals surface area contributed by atoms with Crippen LogP contribution in [0.1, 0.15) is 17.7 Å². The van der Waals surface area contributed by atoms with E-state index in [1.165, 1.54) is 11.3 Å². The molecule has 3 nitrogen and oxygen atoms in total. The normalized spacial score (nSPS) is 10.3.